The first-order chi connectivity index (χ1) is 9.24. The van der Waals surface area contributed by atoms with E-state index in [4.69, 9.17) is 4.74 Å². The maximum absolute atomic E-state index is 13.9. The zero-order valence-corrected chi connectivity index (χ0v) is 11.4. The van der Waals surface area contributed by atoms with Gasteiger partial charge in [0, 0.05) is 0 Å². The largest absolute Gasteiger partial charge is 0.491 e. The van der Waals surface area contributed by atoms with Gasteiger partial charge in [-0.3, -0.25) is 0 Å². The second-order valence-corrected chi connectivity index (χ2v) is 4.54. The summed E-state index contributed by atoms with van der Waals surface area (Å²) in [6.07, 6.45) is 1.89. The highest BCUT2D eigenvalue weighted by atomic mass is 19.1. The van der Waals surface area contributed by atoms with Crippen LogP contribution in [0, 0.1) is 5.82 Å². The molecular formula is C17H19FO. The van der Waals surface area contributed by atoms with Crippen molar-refractivity contribution in [3.63, 3.8) is 0 Å². The third kappa shape index (κ3) is 3.34. The quantitative estimate of drug-likeness (QED) is 0.745. The van der Waals surface area contributed by atoms with Crippen molar-refractivity contribution >= 4 is 0 Å². The first-order valence-electron chi connectivity index (χ1n) is 6.76. The van der Waals surface area contributed by atoms with Crippen LogP contribution in [0.2, 0.25) is 0 Å². The molecule has 0 N–H and O–H groups in total. The number of aryl methyl sites for hydroxylation is 1. The molecule has 0 radical (unpaired) electrons. The number of ether oxygens (including phenoxy) is 1. The van der Waals surface area contributed by atoms with E-state index in [2.05, 4.69) is 19.1 Å². The second-order valence-electron chi connectivity index (χ2n) is 4.54. The molecule has 0 unspecified atom stereocenters. The molecule has 2 aromatic carbocycles. The molecule has 100 valence electrons. The SMILES string of the molecule is CCCOc1ccc(-c2ccc(CC)cc2)cc1F. The van der Waals surface area contributed by atoms with Gasteiger partial charge in [0.2, 0.25) is 0 Å². The van der Waals surface area contributed by atoms with Crippen LogP contribution in [-0.2, 0) is 6.42 Å². The summed E-state index contributed by atoms with van der Waals surface area (Å²) in [5.74, 6) is 0.0290. The van der Waals surface area contributed by atoms with Gasteiger partial charge in [0.1, 0.15) is 0 Å². The van der Waals surface area contributed by atoms with Gasteiger partial charge in [-0.2, -0.15) is 0 Å². The molecule has 0 spiro atoms. The Morgan fingerprint density at radius 1 is 0.947 bits per heavy atom. The summed E-state index contributed by atoms with van der Waals surface area (Å²) < 4.78 is 19.2. The van der Waals surface area contributed by atoms with Gasteiger partial charge in [0.25, 0.3) is 0 Å². The van der Waals surface area contributed by atoms with Crippen LogP contribution in [0.15, 0.2) is 42.5 Å². The first kappa shape index (κ1) is 13.6. The van der Waals surface area contributed by atoms with Crippen LogP contribution in [-0.4, -0.2) is 6.61 Å². The Labute approximate surface area is 114 Å². The highest BCUT2D eigenvalue weighted by Crippen LogP contribution is 2.26. The third-order valence-electron chi connectivity index (χ3n) is 3.09. The number of rotatable bonds is 5. The Bertz CT molecular complexity index is 531. The van der Waals surface area contributed by atoms with Crippen LogP contribution in [0.3, 0.4) is 0 Å². The Balaban J connectivity index is 2.22. The zero-order valence-electron chi connectivity index (χ0n) is 11.4. The normalized spacial score (nSPS) is 10.5. The summed E-state index contributed by atoms with van der Waals surface area (Å²) in [5, 5.41) is 0. The maximum atomic E-state index is 13.9. The predicted octanol–water partition coefficient (Wildman–Crippen LogP) is 4.84. The Morgan fingerprint density at radius 2 is 1.63 bits per heavy atom. The fourth-order valence-electron chi connectivity index (χ4n) is 1.94. The minimum absolute atomic E-state index is 0.300. The molecule has 0 fully saturated rings. The fraction of sp³-hybridized carbons (Fsp3) is 0.294. The molecule has 0 saturated carbocycles. The van der Waals surface area contributed by atoms with Crippen molar-refractivity contribution in [1.29, 1.82) is 0 Å². The average molecular weight is 258 g/mol. The summed E-state index contributed by atoms with van der Waals surface area (Å²) in [6.45, 7) is 4.66. The highest BCUT2D eigenvalue weighted by molar-refractivity contribution is 5.64. The summed E-state index contributed by atoms with van der Waals surface area (Å²) >= 11 is 0. The molecule has 2 rings (SSSR count). The number of benzene rings is 2. The van der Waals surface area contributed by atoms with Crippen molar-refractivity contribution in [3.05, 3.63) is 53.8 Å². The van der Waals surface area contributed by atoms with E-state index in [0.717, 1.165) is 24.0 Å². The van der Waals surface area contributed by atoms with Crippen molar-refractivity contribution < 1.29 is 9.13 Å². The predicted molar refractivity (Wildman–Crippen MR) is 77.0 cm³/mol. The fourth-order valence-corrected chi connectivity index (χ4v) is 1.94. The lowest BCUT2D eigenvalue weighted by atomic mass is 10.0. The smallest absolute Gasteiger partial charge is 0.165 e. The van der Waals surface area contributed by atoms with E-state index in [1.54, 1.807) is 6.07 Å². The van der Waals surface area contributed by atoms with Crippen LogP contribution >= 0.6 is 0 Å². The molecule has 0 amide bonds. The summed E-state index contributed by atoms with van der Waals surface area (Å²) in [7, 11) is 0. The van der Waals surface area contributed by atoms with E-state index in [9.17, 15) is 4.39 Å². The average Bonchev–Trinajstić information content (AvgIpc) is 2.46. The first-order valence-corrected chi connectivity index (χ1v) is 6.76. The summed E-state index contributed by atoms with van der Waals surface area (Å²) in [4.78, 5) is 0. The topological polar surface area (TPSA) is 9.23 Å². The van der Waals surface area contributed by atoms with Crippen LogP contribution in [0.1, 0.15) is 25.8 Å². The van der Waals surface area contributed by atoms with Gasteiger partial charge in [-0.1, -0.05) is 44.2 Å². The monoisotopic (exact) mass is 258 g/mol. The minimum atomic E-state index is -0.300. The van der Waals surface area contributed by atoms with Gasteiger partial charge >= 0.3 is 0 Å². The third-order valence-corrected chi connectivity index (χ3v) is 3.09. The highest BCUT2D eigenvalue weighted by Gasteiger charge is 2.06. The number of hydrogen-bond acceptors (Lipinski definition) is 1. The van der Waals surface area contributed by atoms with Gasteiger partial charge in [-0.25, -0.2) is 4.39 Å². The molecule has 0 atom stereocenters. The van der Waals surface area contributed by atoms with E-state index in [0.29, 0.717) is 12.4 Å². The van der Waals surface area contributed by atoms with Gasteiger partial charge in [0.15, 0.2) is 11.6 Å². The van der Waals surface area contributed by atoms with Crippen LogP contribution in [0.25, 0.3) is 11.1 Å². The molecular weight excluding hydrogens is 239 g/mol. The summed E-state index contributed by atoms with van der Waals surface area (Å²) in [6, 6.07) is 13.3. The second kappa shape index (κ2) is 6.37. The molecule has 0 bridgehead atoms. The molecule has 0 aliphatic carbocycles. The van der Waals surface area contributed by atoms with E-state index in [-0.39, 0.29) is 5.82 Å². The Kier molecular flexibility index (Phi) is 4.56. The Morgan fingerprint density at radius 3 is 2.21 bits per heavy atom. The van der Waals surface area contributed by atoms with Gasteiger partial charge in [-0.15, -0.1) is 0 Å². The van der Waals surface area contributed by atoms with E-state index in [1.165, 1.54) is 11.6 Å². The zero-order chi connectivity index (χ0) is 13.7. The van der Waals surface area contributed by atoms with Crippen LogP contribution < -0.4 is 4.74 Å². The molecule has 0 aliphatic heterocycles. The van der Waals surface area contributed by atoms with E-state index >= 15 is 0 Å². The molecule has 2 aromatic rings. The molecule has 2 heteroatoms. The minimum Gasteiger partial charge on any atom is -0.491 e. The molecule has 0 aromatic heterocycles. The van der Waals surface area contributed by atoms with E-state index < -0.39 is 0 Å². The Hall–Kier alpha value is -1.83. The number of halogens is 1. The van der Waals surface area contributed by atoms with Crippen molar-refractivity contribution in [2.24, 2.45) is 0 Å². The van der Waals surface area contributed by atoms with E-state index in [1.807, 2.05) is 25.1 Å². The van der Waals surface area contributed by atoms with Crippen LogP contribution in [0.5, 0.6) is 5.75 Å². The van der Waals surface area contributed by atoms with Crippen molar-refractivity contribution in [2.45, 2.75) is 26.7 Å². The lowest BCUT2D eigenvalue weighted by molar-refractivity contribution is 0.301. The lowest BCUT2D eigenvalue weighted by Gasteiger charge is -2.08. The molecule has 0 aliphatic rings. The van der Waals surface area contributed by atoms with Crippen molar-refractivity contribution in [2.75, 3.05) is 6.61 Å². The number of hydrogen-bond donors (Lipinski definition) is 0. The lowest BCUT2D eigenvalue weighted by Crippen LogP contribution is -1.97. The van der Waals surface area contributed by atoms with Crippen molar-refractivity contribution in [3.8, 4) is 16.9 Å². The van der Waals surface area contributed by atoms with Gasteiger partial charge < -0.3 is 4.74 Å². The van der Waals surface area contributed by atoms with Crippen LogP contribution in [0.4, 0.5) is 4.39 Å². The molecule has 1 nitrogen and oxygen atoms in total. The maximum Gasteiger partial charge on any atom is 0.165 e. The van der Waals surface area contributed by atoms with Gasteiger partial charge in [-0.05, 0) is 41.7 Å². The standard InChI is InChI=1S/C17H19FO/c1-3-11-19-17-10-9-15(12-16(17)18)14-7-5-13(4-2)6-8-14/h5-10,12H,3-4,11H2,1-2H3. The molecule has 19 heavy (non-hydrogen) atoms. The summed E-state index contributed by atoms with van der Waals surface area (Å²) in [5.41, 5.74) is 3.19. The van der Waals surface area contributed by atoms with Crippen molar-refractivity contribution in [1.82, 2.24) is 0 Å². The molecule has 0 saturated heterocycles. The van der Waals surface area contributed by atoms with Gasteiger partial charge in [0.05, 0.1) is 6.61 Å². The molecule has 0 heterocycles.